The van der Waals surface area contributed by atoms with Gasteiger partial charge in [-0.1, -0.05) is 16.8 Å². The van der Waals surface area contributed by atoms with Crippen molar-refractivity contribution in [1.29, 1.82) is 0 Å². The third-order valence-electron chi connectivity index (χ3n) is 3.14. The summed E-state index contributed by atoms with van der Waals surface area (Å²) in [4.78, 5) is 13.2. The van der Waals surface area contributed by atoms with Crippen LogP contribution in [-0.4, -0.2) is 43.8 Å². The number of carbonyl (C=O) groups excluding carboxylic acids is 1. The maximum Gasteiger partial charge on any atom is 0.373 e. The van der Waals surface area contributed by atoms with Gasteiger partial charge >= 0.3 is 6.03 Å². The fourth-order valence-electron chi connectivity index (χ4n) is 2.07. The molecule has 3 N–H and O–H groups in total. The highest BCUT2D eigenvalue weighted by atomic mass is 16.5. The first kappa shape index (κ1) is 13.9. The minimum Gasteiger partial charge on any atom is -0.379 e. The van der Waals surface area contributed by atoms with Crippen LogP contribution in [0.5, 0.6) is 0 Å². The molecule has 1 saturated heterocycles. The van der Waals surface area contributed by atoms with Gasteiger partial charge in [-0.15, -0.1) is 0 Å². The molecule has 0 aromatic heterocycles. The first-order chi connectivity index (χ1) is 9.28. The quantitative estimate of drug-likeness (QED) is 0.344. The highest BCUT2D eigenvalue weighted by Gasteiger charge is 2.13. The second-order valence-corrected chi connectivity index (χ2v) is 4.52. The van der Waals surface area contributed by atoms with E-state index in [4.69, 9.17) is 10.6 Å². The van der Waals surface area contributed by atoms with Crippen molar-refractivity contribution in [1.82, 2.24) is 10.3 Å². The number of hydrogen-bond donors (Lipinski definition) is 2. The zero-order chi connectivity index (χ0) is 13.5. The van der Waals surface area contributed by atoms with Crippen molar-refractivity contribution >= 4 is 6.03 Å². The normalized spacial score (nSPS) is 21.1. The van der Waals surface area contributed by atoms with Crippen LogP contribution in [0.4, 0.5) is 4.79 Å². The molecule has 0 aromatic carbocycles. The topological polar surface area (TPSA) is 92.3 Å². The third-order valence-corrected chi connectivity index (χ3v) is 3.14. The number of allylic oxidation sites excluding steroid dienone is 3. The molecule has 19 heavy (non-hydrogen) atoms. The number of azo groups is 1. The van der Waals surface area contributed by atoms with Gasteiger partial charge in [0.25, 0.3) is 0 Å². The van der Waals surface area contributed by atoms with Crippen LogP contribution in [0, 0.1) is 0 Å². The summed E-state index contributed by atoms with van der Waals surface area (Å²) in [6.07, 6.45) is 5.73. The molecule has 1 fully saturated rings. The van der Waals surface area contributed by atoms with Crippen LogP contribution in [0.15, 0.2) is 33.7 Å². The van der Waals surface area contributed by atoms with Gasteiger partial charge in [-0.3, -0.25) is 10.3 Å². The second kappa shape index (κ2) is 7.13. The van der Waals surface area contributed by atoms with Gasteiger partial charge in [0.2, 0.25) is 0 Å². The van der Waals surface area contributed by atoms with Crippen LogP contribution in [0.1, 0.15) is 12.8 Å². The Balaban J connectivity index is 1.85. The molecule has 2 rings (SSSR count). The zero-order valence-corrected chi connectivity index (χ0v) is 10.8. The van der Waals surface area contributed by atoms with Gasteiger partial charge in [0.05, 0.1) is 18.9 Å². The number of nitrogens with one attached hydrogen (secondary N) is 1. The van der Waals surface area contributed by atoms with E-state index in [1.54, 1.807) is 0 Å². The monoisotopic (exact) mass is 265 g/mol. The Morgan fingerprint density at radius 1 is 1.37 bits per heavy atom. The standard InChI is InChI=1S/C12H19N5O2/c13-14-12(18)16-15-11-3-1-10(2-4-11)9-17-5-7-19-8-6-17/h1,3H,2,4-9,13H2,(H,14,18). The molecule has 7 heteroatoms. The largest absolute Gasteiger partial charge is 0.379 e. The SMILES string of the molecule is NNC(=O)N=NC1=CC=C(CN2CCOCC2)CC1. The Morgan fingerprint density at radius 3 is 2.79 bits per heavy atom. The summed E-state index contributed by atoms with van der Waals surface area (Å²) in [5, 5.41) is 7.28. The van der Waals surface area contributed by atoms with Crippen LogP contribution in [0.3, 0.4) is 0 Å². The van der Waals surface area contributed by atoms with Crippen LogP contribution < -0.4 is 11.3 Å². The number of hydrazine groups is 1. The van der Waals surface area contributed by atoms with E-state index in [0.29, 0.717) is 0 Å². The minimum atomic E-state index is -0.635. The Bertz CT molecular complexity index is 410. The predicted octanol–water partition coefficient (Wildman–Crippen LogP) is 0.958. The number of hydrogen-bond acceptors (Lipinski definition) is 5. The maximum absolute atomic E-state index is 10.8. The fraction of sp³-hybridized carbons (Fsp3) is 0.583. The lowest BCUT2D eigenvalue weighted by Crippen LogP contribution is -2.37. The molecular formula is C12H19N5O2. The Hall–Kier alpha value is -1.57. The van der Waals surface area contributed by atoms with E-state index in [-0.39, 0.29) is 0 Å². The van der Waals surface area contributed by atoms with Crippen molar-refractivity contribution in [3.05, 3.63) is 23.4 Å². The molecule has 0 aromatic rings. The molecule has 104 valence electrons. The summed E-state index contributed by atoms with van der Waals surface area (Å²) >= 11 is 0. The number of nitrogens with two attached hydrogens (primary N) is 1. The summed E-state index contributed by atoms with van der Waals surface area (Å²) in [7, 11) is 0. The highest BCUT2D eigenvalue weighted by Crippen LogP contribution is 2.20. The molecule has 7 nitrogen and oxygen atoms in total. The summed E-state index contributed by atoms with van der Waals surface area (Å²) in [6.45, 7) is 4.59. The minimum absolute atomic E-state index is 0.635. The smallest absolute Gasteiger partial charge is 0.373 e. The first-order valence-electron chi connectivity index (χ1n) is 6.39. The van der Waals surface area contributed by atoms with Gasteiger partial charge in [0, 0.05) is 19.6 Å². The number of nitrogens with zero attached hydrogens (tertiary/aromatic N) is 3. The molecule has 0 saturated carbocycles. The van der Waals surface area contributed by atoms with Gasteiger partial charge in [-0.05, 0) is 18.9 Å². The lowest BCUT2D eigenvalue weighted by molar-refractivity contribution is 0.0419. The lowest BCUT2D eigenvalue weighted by Gasteiger charge is -2.28. The molecule has 2 aliphatic rings. The van der Waals surface area contributed by atoms with Crippen molar-refractivity contribution in [3.8, 4) is 0 Å². The average Bonchev–Trinajstić information content (AvgIpc) is 2.47. The fourth-order valence-corrected chi connectivity index (χ4v) is 2.07. The average molecular weight is 265 g/mol. The molecule has 0 atom stereocenters. The van der Waals surface area contributed by atoms with E-state index in [1.807, 2.05) is 11.5 Å². The molecule has 0 bridgehead atoms. The number of morpholine rings is 1. The summed E-state index contributed by atoms with van der Waals surface area (Å²) in [5.41, 5.74) is 4.09. The van der Waals surface area contributed by atoms with Crippen molar-refractivity contribution in [2.24, 2.45) is 16.1 Å². The van der Waals surface area contributed by atoms with Gasteiger partial charge in [-0.2, -0.15) is 5.11 Å². The highest BCUT2D eigenvalue weighted by molar-refractivity contribution is 5.73. The van der Waals surface area contributed by atoms with Crippen molar-refractivity contribution in [2.45, 2.75) is 12.8 Å². The summed E-state index contributed by atoms with van der Waals surface area (Å²) in [6, 6.07) is -0.635. The van der Waals surface area contributed by atoms with E-state index in [9.17, 15) is 4.79 Å². The molecule has 0 radical (unpaired) electrons. The molecule has 1 aliphatic heterocycles. The van der Waals surface area contributed by atoms with Gasteiger partial charge in [0.15, 0.2) is 0 Å². The van der Waals surface area contributed by atoms with Crippen LogP contribution in [0.2, 0.25) is 0 Å². The van der Waals surface area contributed by atoms with Crippen LogP contribution >= 0.6 is 0 Å². The van der Waals surface area contributed by atoms with Crippen molar-refractivity contribution in [2.75, 3.05) is 32.8 Å². The van der Waals surface area contributed by atoms with E-state index in [2.05, 4.69) is 21.2 Å². The van der Waals surface area contributed by atoms with Crippen molar-refractivity contribution in [3.63, 3.8) is 0 Å². The Kier molecular flexibility index (Phi) is 5.20. The van der Waals surface area contributed by atoms with Gasteiger partial charge < -0.3 is 4.74 Å². The van der Waals surface area contributed by atoms with Gasteiger partial charge in [0.1, 0.15) is 0 Å². The molecule has 0 unspecified atom stereocenters. The number of ether oxygens (including phenoxy) is 1. The van der Waals surface area contributed by atoms with E-state index in [0.717, 1.165) is 51.4 Å². The number of urea groups is 1. The summed E-state index contributed by atoms with van der Waals surface area (Å²) < 4.78 is 5.32. The van der Waals surface area contributed by atoms with Crippen LogP contribution in [0.25, 0.3) is 0 Å². The number of carbonyl (C=O) groups is 1. The Labute approximate surface area is 112 Å². The predicted molar refractivity (Wildman–Crippen MR) is 70.2 cm³/mol. The zero-order valence-electron chi connectivity index (χ0n) is 10.8. The van der Waals surface area contributed by atoms with E-state index >= 15 is 0 Å². The number of amides is 2. The van der Waals surface area contributed by atoms with Crippen molar-refractivity contribution < 1.29 is 9.53 Å². The Morgan fingerprint density at radius 2 is 2.16 bits per heavy atom. The molecule has 0 spiro atoms. The third kappa shape index (κ3) is 4.55. The number of rotatable bonds is 3. The first-order valence-corrected chi connectivity index (χ1v) is 6.39. The lowest BCUT2D eigenvalue weighted by atomic mass is 10.0. The molecule has 2 amide bonds. The molecule has 1 heterocycles. The van der Waals surface area contributed by atoms with E-state index in [1.165, 1.54) is 5.57 Å². The molecule has 1 aliphatic carbocycles. The summed E-state index contributed by atoms with van der Waals surface area (Å²) in [5.74, 6) is 4.91. The maximum atomic E-state index is 10.8. The molecular weight excluding hydrogens is 246 g/mol. The van der Waals surface area contributed by atoms with Gasteiger partial charge in [-0.25, -0.2) is 10.6 Å². The van der Waals surface area contributed by atoms with E-state index < -0.39 is 6.03 Å². The van der Waals surface area contributed by atoms with Crippen LogP contribution in [-0.2, 0) is 4.74 Å². The second-order valence-electron chi connectivity index (χ2n) is 4.52.